The number of carboxylic acid groups (broad SMARTS) is 1. The van der Waals surface area contributed by atoms with Gasteiger partial charge < -0.3 is 15.2 Å². The van der Waals surface area contributed by atoms with Gasteiger partial charge in [0.15, 0.2) is 0 Å². The Kier molecular flexibility index (Phi) is 6.45. The van der Waals surface area contributed by atoms with Gasteiger partial charge in [0.25, 0.3) is 5.91 Å². The summed E-state index contributed by atoms with van der Waals surface area (Å²) in [6.07, 6.45) is -2.94. The molecule has 10 heteroatoms. The Morgan fingerprint density at radius 1 is 1.19 bits per heavy atom. The molecule has 2 aromatic rings. The van der Waals surface area contributed by atoms with Gasteiger partial charge in [-0.3, -0.25) is 9.78 Å². The highest BCUT2D eigenvalue weighted by Crippen LogP contribution is 2.41. The minimum Gasteiger partial charge on any atom is -0.495 e. The number of benzene rings is 1. The van der Waals surface area contributed by atoms with E-state index in [2.05, 4.69) is 10.3 Å². The van der Waals surface area contributed by atoms with E-state index in [0.29, 0.717) is 21.9 Å². The molecule has 166 valence electrons. The number of ether oxygens (including phenoxy) is 1. The number of carboxylic acids is 1. The van der Waals surface area contributed by atoms with Gasteiger partial charge >= 0.3 is 12.1 Å². The number of alkyl halides is 3. The van der Waals surface area contributed by atoms with E-state index >= 15 is 0 Å². The summed E-state index contributed by atoms with van der Waals surface area (Å²) in [5, 5.41) is 12.4. The zero-order valence-corrected chi connectivity index (χ0v) is 17.3. The minimum absolute atomic E-state index is 0.0861. The molecule has 1 fully saturated rings. The first-order chi connectivity index (χ1) is 14.6. The summed E-state index contributed by atoms with van der Waals surface area (Å²) < 4.78 is 43.9. The molecule has 0 saturated heterocycles. The highest BCUT2D eigenvalue weighted by atomic mass is 35.5. The Labute approximate surface area is 181 Å². The second-order valence-electron chi connectivity index (χ2n) is 7.47. The number of pyridine rings is 1. The number of halogens is 4. The van der Waals surface area contributed by atoms with Crippen LogP contribution in [-0.2, 0) is 4.79 Å². The van der Waals surface area contributed by atoms with Crippen molar-refractivity contribution in [3.8, 4) is 16.9 Å². The second-order valence-corrected chi connectivity index (χ2v) is 7.88. The van der Waals surface area contributed by atoms with Gasteiger partial charge in [-0.1, -0.05) is 17.7 Å². The van der Waals surface area contributed by atoms with Gasteiger partial charge in [-0.25, -0.2) is 4.79 Å². The molecule has 3 rings (SSSR count). The Hall–Kier alpha value is -2.81. The predicted octanol–water partition coefficient (Wildman–Crippen LogP) is 4.72. The third kappa shape index (κ3) is 4.92. The van der Waals surface area contributed by atoms with Crippen molar-refractivity contribution in [1.82, 2.24) is 10.3 Å². The lowest BCUT2D eigenvalue weighted by Gasteiger charge is -2.37. The maximum absolute atomic E-state index is 12.9. The van der Waals surface area contributed by atoms with Crippen LogP contribution in [-0.4, -0.2) is 40.8 Å². The van der Waals surface area contributed by atoms with E-state index in [4.69, 9.17) is 16.3 Å². The third-order valence-corrected chi connectivity index (χ3v) is 5.85. The van der Waals surface area contributed by atoms with Crippen LogP contribution in [0.2, 0.25) is 5.02 Å². The molecule has 1 aliphatic carbocycles. The lowest BCUT2D eigenvalue weighted by molar-refractivity contribution is -0.187. The van der Waals surface area contributed by atoms with Crippen LogP contribution >= 0.6 is 11.6 Å². The maximum Gasteiger partial charge on any atom is 0.391 e. The molecule has 0 bridgehead atoms. The van der Waals surface area contributed by atoms with Crippen molar-refractivity contribution in [1.29, 1.82) is 0 Å². The van der Waals surface area contributed by atoms with Crippen molar-refractivity contribution >= 4 is 23.5 Å². The minimum atomic E-state index is -4.38. The summed E-state index contributed by atoms with van der Waals surface area (Å²) in [7, 11) is 1.48. The molecule has 1 heterocycles. The van der Waals surface area contributed by atoms with Crippen molar-refractivity contribution in [2.24, 2.45) is 5.92 Å². The third-order valence-electron chi connectivity index (χ3n) is 5.55. The standard InChI is InChI=1S/C21H20ClF3N2O4/c1-31-17-3-2-12(9-16(17)22)13-8-14(11-26-10-13)18(28)27-20(19(29)30)6-4-15(5-7-20)21(23,24)25/h2-3,8-11,15H,4-7H2,1H3,(H,27,28)(H,29,30). The summed E-state index contributed by atoms with van der Waals surface area (Å²) in [4.78, 5) is 28.6. The average molecular weight is 457 g/mol. The first kappa shape index (κ1) is 22.9. The number of hydrogen-bond donors (Lipinski definition) is 2. The molecule has 0 spiro atoms. The molecule has 0 radical (unpaired) electrons. The lowest BCUT2D eigenvalue weighted by atomic mass is 9.76. The van der Waals surface area contributed by atoms with Crippen molar-refractivity contribution in [2.45, 2.75) is 37.4 Å². The molecule has 6 nitrogen and oxygen atoms in total. The Morgan fingerprint density at radius 2 is 1.87 bits per heavy atom. The van der Waals surface area contributed by atoms with Crippen LogP contribution in [0.3, 0.4) is 0 Å². The quantitative estimate of drug-likeness (QED) is 0.680. The summed E-state index contributed by atoms with van der Waals surface area (Å²) in [5.74, 6) is -3.17. The first-order valence-electron chi connectivity index (χ1n) is 9.47. The molecule has 1 aromatic heterocycles. The van der Waals surface area contributed by atoms with E-state index in [1.54, 1.807) is 18.2 Å². The number of amides is 1. The van der Waals surface area contributed by atoms with Gasteiger partial charge in [0.2, 0.25) is 0 Å². The molecule has 2 N–H and O–H groups in total. The van der Waals surface area contributed by atoms with E-state index in [1.807, 2.05) is 0 Å². The van der Waals surface area contributed by atoms with Crippen LogP contribution in [0.5, 0.6) is 5.75 Å². The smallest absolute Gasteiger partial charge is 0.391 e. The Morgan fingerprint density at radius 3 is 2.42 bits per heavy atom. The SMILES string of the molecule is COc1ccc(-c2cncc(C(=O)NC3(C(=O)O)CCC(C(F)(F)F)CC3)c2)cc1Cl. The van der Waals surface area contributed by atoms with Crippen molar-refractivity contribution in [3.63, 3.8) is 0 Å². The molecular weight excluding hydrogens is 437 g/mol. The summed E-state index contributed by atoms with van der Waals surface area (Å²) >= 11 is 6.14. The molecule has 1 saturated carbocycles. The fourth-order valence-corrected chi connectivity index (χ4v) is 3.95. The van der Waals surface area contributed by atoms with Gasteiger partial charge in [-0.05, 0) is 49.4 Å². The maximum atomic E-state index is 12.9. The van der Waals surface area contributed by atoms with Crippen molar-refractivity contribution in [2.75, 3.05) is 7.11 Å². The van der Waals surface area contributed by atoms with E-state index in [1.165, 1.54) is 25.6 Å². The molecule has 0 aliphatic heterocycles. The number of carbonyl (C=O) groups excluding carboxylic acids is 1. The summed E-state index contributed by atoms with van der Waals surface area (Å²) in [6.45, 7) is 0. The number of nitrogens with one attached hydrogen (secondary N) is 1. The molecule has 31 heavy (non-hydrogen) atoms. The molecular formula is C21H20ClF3N2O4. The highest BCUT2D eigenvalue weighted by Gasteiger charge is 2.49. The predicted molar refractivity (Wildman–Crippen MR) is 107 cm³/mol. The van der Waals surface area contributed by atoms with Crippen LogP contribution in [0, 0.1) is 5.92 Å². The number of methoxy groups -OCH3 is 1. The van der Waals surface area contributed by atoms with Gasteiger partial charge in [0, 0.05) is 18.0 Å². The van der Waals surface area contributed by atoms with Crippen LogP contribution in [0.25, 0.3) is 11.1 Å². The number of rotatable bonds is 5. The highest BCUT2D eigenvalue weighted by molar-refractivity contribution is 6.32. The monoisotopic (exact) mass is 456 g/mol. The van der Waals surface area contributed by atoms with Gasteiger partial charge in [0.1, 0.15) is 11.3 Å². The first-order valence-corrected chi connectivity index (χ1v) is 9.85. The zero-order chi connectivity index (χ0) is 22.8. The molecule has 1 amide bonds. The van der Waals surface area contributed by atoms with E-state index < -0.39 is 29.5 Å². The number of nitrogens with zero attached hydrogens (tertiary/aromatic N) is 1. The van der Waals surface area contributed by atoms with Gasteiger partial charge in [0.05, 0.1) is 23.6 Å². The molecule has 1 aliphatic rings. The molecule has 1 aromatic carbocycles. The topological polar surface area (TPSA) is 88.5 Å². The van der Waals surface area contributed by atoms with Gasteiger partial charge in [-0.15, -0.1) is 0 Å². The number of aliphatic carboxylic acids is 1. The van der Waals surface area contributed by atoms with E-state index in [0.717, 1.165) is 0 Å². The average Bonchev–Trinajstić information content (AvgIpc) is 2.73. The number of carbonyl (C=O) groups is 2. The fraction of sp³-hybridized carbons (Fsp3) is 0.381. The normalized spacial score (nSPS) is 21.4. The number of aromatic nitrogens is 1. The fourth-order valence-electron chi connectivity index (χ4n) is 3.69. The van der Waals surface area contributed by atoms with Crippen LogP contribution < -0.4 is 10.1 Å². The summed E-state index contributed by atoms with van der Waals surface area (Å²) in [6, 6.07) is 6.52. The van der Waals surface area contributed by atoms with Crippen LogP contribution in [0.4, 0.5) is 13.2 Å². The zero-order valence-electron chi connectivity index (χ0n) is 16.5. The van der Waals surface area contributed by atoms with Crippen molar-refractivity contribution in [3.05, 3.63) is 47.2 Å². The largest absolute Gasteiger partial charge is 0.495 e. The van der Waals surface area contributed by atoms with E-state index in [-0.39, 0.29) is 31.2 Å². The van der Waals surface area contributed by atoms with Crippen LogP contribution in [0.1, 0.15) is 36.0 Å². The molecule has 0 atom stereocenters. The van der Waals surface area contributed by atoms with Gasteiger partial charge in [-0.2, -0.15) is 13.2 Å². The second kappa shape index (κ2) is 8.74. The van der Waals surface area contributed by atoms with Crippen molar-refractivity contribution < 1.29 is 32.6 Å². The molecule has 0 unspecified atom stereocenters. The number of hydrogen-bond acceptors (Lipinski definition) is 4. The summed E-state index contributed by atoms with van der Waals surface area (Å²) in [5.41, 5.74) is -0.449. The Bertz CT molecular complexity index is 989. The van der Waals surface area contributed by atoms with E-state index in [9.17, 15) is 27.9 Å². The lowest BCUT2D eigenvalue weighted by Crippen LogP contribution is -2.57. The Balaban J connectivity index is 1.80. The van der Waals surface area contributed by atoms with Crippen LogP contribution in [0.15, 0.2) is 36.7 Å².